The summed E-state index contributed by atoms with van der Waals surface area (Å²) < 4.78 is 32.4. The second kappa shape index (κ2) is 6.03. The second-order valence-electron chi connectivity index (χ2n) is 4.64. The maximum atomic E-state index is 13.9. The van der Waals surface area contributed by atoms with Crippen molar-refractivity contribution in [1.29, 1.82) is 0 Å². The fourth-order valence-corrected chi connectivity index (χ4v) is 2.49. The van der Waals surface area contributed by atoms with Crippen LogP contribution < -0.4 is 4.74 Å². The van der Waals surface area contributed by atoms with E-state index in [2.05, 4.69) is 0 Å². The van der Waals surface area contributed by atoms with Crippen molar-refractivity contribution >= 4 is 11.5 Å². The highest BCUT2D eigenvalue weighted by molar-refractivity contribution is 5.97. The second-order valence-corrected chi connectivity index (χ2v) is 4.64. The van der Waals surface area contributed by atoms with Crippen LogP contribution in [-0.2, 0) is 4.79 Å². The number of carbonyl (C=O) groups is 1. The van der Waals surface area contributed by atoms with E-state index in [1.807, 2.05) is 0 Å². The topological polar surface area (TPSA) is 46.5 Å². The van der Waals surface area contributed by atoms with Gasteiger partial charge in [-0.1, -0.05) is 0 Å². The summed E-state index contributed by atoms with van der Waals surface area (Å²) >= 11 is 0. The third-order valence-corrected chi connectivity index (χ3v) is 3.39. The molecule has 1 N–H and O–H groups in total. The van der Waals surface area contributed by atoms with Crippen molar-refractivity contribution in [1.82, 2.24) is 0 Å². The van der Waals surface area contributed by atoms with Crippen molar-refractivity contribution in [3.63, 3.8) is 0 Å². The van der Waals surface area contributed by atoms with E-state index in [9.17, 15) is 18.7 Å². The molecular weight excluding hydrogens is 266 g/mol. The normalized spacial score (nSPS) is 15.3. The molecule has 0 atom stereocenters. The minimum atomic E-state index is -1.06. The van der Waals surface area contributed by atoms with Crippen LogP contribution in [0.4, 0.5) is 8.78 Å². The minimum absolute atomic E-state index is 0.184. The average Bonchev–Trinajstić information content (AvgIpc) is 2.44. The molecule has 0 amide bonds. The highest BCUT2D eigenvalue weighted by atomic mass is 19.2. The molecule has 0 aromatic heterocycles. The summed E-state index contributed by atoms with van der Waals surface area (Å²) in [6.07, 6.45) is 2.59. The van der Waals surface area contributed by atoms with Gasteiger partial charge in [-0.2, -0.15) is 4.39 Å². The summed E-state index contributed by atoms with van der Waals surface area (Å²) in [5.41, 5.74) is 1.16. The predicted octanol–water partition coefficient (Wildman–Crippen LogP) is 3.78. The third kappa shape index (κ3) is 2.66. The number of allylic oxidation sites excluding steroid dienone is 1. The lowest BCUT2D eigenvalue weighted by Crippen LogP contribution is -2.10. The van der Waals surface area contributed by atoms with Gasteiger partial charge in [0, 0.05) is 11.1 Å². The van der Waals surface area contributed by atoms with Crippen LogP contribution >= 0.6 is 0 Å². The van der Waals surface area contributed by atoms with E-state index < -0.39 is 17.6 Å². The first-order chi connectivity index (χ1) is 9.56. The molecule has 1 aromatic rings. The van der Waals surface area contributed by atoms with Crippen LogP contribution in [0.25, 0.3) is 5.57 Å². The Hall–Kier alpha value is -1.91. The average molecular weight is 282 g/mol. The number of rotatable bonds is 4. The molecule has 0 fully saturated rings. The standard InChI is InChI=1S/C15H16F2O3/c1-2-20-14-10(7-8-12(16)13(14)17)9-5-3-4-6-11(9)15(18)19/h7-8H,2-6H2,1H3,(H,18,19). The Morgan fingerprint density at radius 3 is 2.65 bits per heavy atom. The summed E-state index contributed by atoms with van der Waals surface area (Å²) in [6.45, 7) is 1.85. The molecule has 0 heterocycles. The van der Waals surface area contributed by atoms with Crippen molar-refractivity contribution in [2.24, 2.45) is 0 Å². The largest absolute Gasteiger partial charge is 0.490 e. The van der Waals surface area contributed by atoms with Crippen LogP contribution in [-0.4, -0.2) is 17.7 Å². The number of carboxylic acids is 1. The molecule has 0 unspecified atom stereocenters. The van der Waals surface area contributed by atoms with Gasteiger partial charge in [-0.3, -0.25) is 0 Å². The van der Waals surface area contributed by atoms with Gasteiger partial charge in [-0.25, -0.2) is 9.18 Å². The van der Waals surface area contributed by atoms with Crippen LogP contribution in [0.2, 0.25) is 0 Å². The van der Waals surface area contributed by atoms with Crippen LogP contribution in [0.5, 0.6) is 5.75 Å². The van der Waals surface area contributed by atoms with Crippen LogP contribution in [0.3, 0.4) is 0 Å². The van der Waals surface area contributed by atoms with E-state index in [1.165, 1.54) is 6.07 Å². The Morgan fingerprint density at radius 1 is 1.30 bits per heavy atom. The smallest absolute Gasteiger partial charge is 0.331 e. The molecule has 0 spiro atoms. The first-order valence-electron chi connectivity index (χ1n) is 6.62. The Bertz CT molecular complexity index is 564. The minimum Gasteiger partial charge on any atom is -0.490 e. The third-order valence-electron chi connectivity index (χ3n) is 3.39. The molecule has 0 radical (unpaired) electrons. The monoisotopic (exact) mass is 282 g/mol. The van der Waals surface area contributed by atoms with Crippen LogP contribution in [0, 0.1) is 11.6 Å². The quantitative estimate of drug-likeness (QED) is 0.914. The van der Waals surface area contributed by atoms with E-state index in [-0.39, 0.29) is 17.9 Å². The van der Waals surface area contributed by atoms with Gasteiger partial charge in [0.2, 0.25) is 5.82 Å². The van der Waals surface area contributed by atoms with E-state index in [0.29, 0.717) is 24.0 Å². The number of ether oxygens (including phenoxy) is 1. The summed E-state index contributed by atoms with van der Waals surface area (Å²) in [5, 5.41) is 9.25. The van der Waals surface area contributed by atoms with Gasteiger partial charge in [-0.15, -0.1) is 0 Å². The van der Waals surface area contributed by atoms with Gasteiger partial charge >= 0.3 is 5.97 Å². The number of hydrogen-bond donors (Lipinski definition) is 1. The molecule has 0 saturated carbocycles. The Labute approximate surface area is 115 Å². The number of hydrogen-bond acceptors (Lipinski definition) is 2. The molecule has 5 heteroatoms. The molecular formula is C15H16F2O3. The number of benzene rings is 1. The van der Waals surface area contributed by atoms with Crippen molar-refractivity contribution in [3.05, 3.63) is 34.9 Å². The van der Waals surface area contributed by atoms with E-state index in [0.717, 1.165) is 18.9 Å². The maximum Gasteiger partial charge on any atom is 0.331 e. The van der Waals surface area contributed by atoms with Crippen LogP contribution in [0.1, 0.15) is 38.2 Å². The summed E-state index contributed by atoms with van der Waals surface area (Å²) in [5.74, 6) is -3.26. The summed E-state index contributed by atoms with van der Waals surface area (Å²) in [7, 11) is 0. The Morgan fingerprint density at radius 2 is 2.00 bits per heavy atom. The summed E-state index contributed by atoms with van der Waals surface area (Å²) in [4.78, 5) is 11.3. The number of halogens is 2. The Kier molecular flexibility index (Phi) is 4.37. The maximum absolute atomic E-state index is 13.9. The Balaban J connectivity index is 2.61. The molecule has 0 saturated heterocycles. The van der Waals surface area contributed by atoms with Crippen molar-refractivity contribution in [3.8, 4) is 5.75 Å². The SMILES string of the molecule is CCOc1c(C2=C(C(=O)O)CCCC2)ccc(F)c1F. The van der Waals surface area contributed by atoms with E-state index in [4.69, 9.17) is 4.74 Å². The van der Waals surface area contributed by atoms with Gasteiger partial charge in [0.05, 0.1) is 6.61 Å². The molecule has 0 bridgehead atoms. The van der Waals surface area contributed by atoms with Gasteiger partial charge in [0.25, 0.3) is 0 Å². The van der Waals surface area contributed by atoms with Gasteiger partial charge in [0.15, 0.2) is 11.6 Å². The zero-order valence-corrected chi connectivity index (χ0v) is 11.2. The first kappa shape index (κ1) is 14.5. The highest BCUT2D eigenvalue weighted by Crippen LogP contribution is 2.38. The zero-order valence-electron chi connectivity index (χ0n) is 11.2. The van der Waals surface area contributed by atoms with Crippen LogP contribution in [0.15, 0.2) is 17.7 Å². The van der Waals surface area contributed by atoms with E-state index >= 15 is 0 Å². The first-order valence-corrected chi connectivity index (χ1v) is 6.62. The highest BCUT2D eigenvalue weighted by Gasteiger charge is 2.24. The van der Waals surface area contributed by atoms with E-state index in [1.54, 1.807) is 6.92 Å². The number of carboxylic acid groups (broad SMARTS) is 1. The van der Waals surface area contributed by atoms with Crippen molar-refractivity contribution in [2.45, 2.75) is 32.6 Å². The molecule has 0 aliphatic heterocycles. The van der Waals surface area contributed by atoms with Crippen molar-refractivity contribution < 1.29 is 23.4 Å². The molecule has 3 nitrogen and oxygen atoms in total. The molecule has 20 heavy (non-hydrogen) atoms. The molecule has 1 aliphatic carbocycles. The number of aliphatic carboxylic acids is 1. The molecule has 108 valence electrons. The lowest BCUT2D eigenvalue weighted by atomic mass is 9.87. The lowest BCUT2D eigenvalue weighted by Gasteiger charge is -2.20. The predicted molar refractivity (Wildman–Crippen MR) is 70.6 cm³/mol. The van der Waals surface area contributed by atoms with Gasteiger partial charge in [0.1, 0.15) is 0 Å². The fourth-order valence-electron chi connectivity index (χ4n) is 2.49. The molecule has 2 rings (SSSR count). The zero-order chi connectivity index (χ0) is 14.7. The van der Waals surface area contributed by atoms with Gasteiger partial charge < -0.3 is 9.84 Å². The van der Waals surface area contributed by atoms with Crippen molar-refractivity contribution in [2.75, 3.05) is 6.61 Å². The summed E-state index contributed by atoms with van der Waals surface area (Å²) in [6, 6.07) is 2.40. The van der Waals surface area contributed by atoms with Gasteiger partial charge in [-0.05, 0) is 50.3 Å². The molecule has 1 aromatic carbocycles. The lowest BCUT2D eigenvalue weighted by molar-refractivity contribution is -0.132. The fraction of sp³-hybridized carbons (Fsp3) is 0.400. The molecule has 1 aliphatic rings.